The van der Waals surface area contributed by atoms with Crippen molar-refractivity contribution in [2.24, 2.45) is 11.8 Å². The molecule has 18 heavy (non-hydrogen) atoms. The summed E-state index contributed by atoms with van der Waals surface area (Å²) in [7, 11) is -0.952. The number of halogens is 1. The number of hydrogen-bond acceptors (Lipinski definition) is 1. The Balaban J connectivity index is 1.80. The van der Waals surface area contributed by atoms with Crippen LogP contribution < -0.4 is 0 Å². The van der Waals surface area contributed by atoms with Gasteiger partial charge in [-0.1, -0.05) is 54.8 Å². The number of hydrogen-bond donors (Lipinski definition) is 0. The third-order valence-corrected chi connectivity index (χ3v) is 7.89. The van der Waals surface area contributed by atoms with Crippen molar-refractivity contribution in [3.63, 3.8) is 0 Å². The Bertz CT molecular complexity index is 258. The summed E-state index contributed by atoms with van der Waals surface area (Å²) >= 11 is 3.95. The van der Waals surface area contributed by atoms with E-state index in [2.05, 4.69) is 35.6 Å². The first-order valence-corrected chi connectivity index (χ1v) is 12.3. The second kappa shape index (κ2) is 6.40. The number of ether oxygens (including phenoxy) is 1. The van der Waals surface area contributed by atoms with Gasteiger partial charge in [0.1, 0.15) is 0 Å². The maximum Gasteiger partial charge on any atom is 0.0607 e. The zero-order valence-corrected chi connectivity index (χ0v) is 14.8. The molecule has 2 aliphatic rings. The topological polar surface area (TPSA) is 9.23 Å². The molecule has 0 spiro atoms. The fourth-order valence-corrected chi connectivity index (χ4v) is 8.31. The minimum Gasteiger partial charge on any atom is -0.378 e. The van der Waals surface area contributed by atoms with Gasteiger partial charge in [-0.15, -0.1) is 0 Å². The molecule has 1 unspecified atom stereocenters. The Labute approximate surface area is 122 Å². The van der Waals surface area contributed by atoms with E-state index >= 15 is 0 Å². The van der Waals surface area contributed by atoms with Crippen LogP contribution in [0, 0.1) is 11.8 Å². The van der Waals surface area contributed by atoms with Crippen molar-refractivity contribution in [2.75, 3.05) is 6.61 Å². The van der Waals surface area contributed by atoms with Gasteiger partial charge in [-0.25, -0.2) is 0 Å². The van der Waals surface area contributed by atoms with E-state index in [0.29, 0.717) is 10.9 Å². The highest BCUT2D eigenvalue weighted by atomic mass is 79.9. The summed E-state index contributed by atoms with van der Waals surface area (Å²) in [6.07, 6.45) is 9.03. The molecular formula is C15H29BrOSi. The summed E-state index contributed by atoms with van der Waals surface area (Å²) in [6.45, 7) is 8.41. The lowest BCUT2D eigenvalue weighted by molar-refractivity contribution is 0.0461. The molecule has 0 bridgehead atoms. The van der Waals surface area contributed by atoms with Crippen LogP contribution in [0.4, 0.5) is 0 Å². The zero-order valence-electron chi connectivity index (χ0n) is 12.3. The van der Waals surface area contributed by atoms with E-state index in [1.165, 1.54) is 44.6 Å². The lowest BCUT2D eigenvalue weighted by Crippen LogP contribution is -2.29. The van der Waals surface area contributed by atoms with Gasteiger partial charge < -0.3 is 4.74 Å². The van der Waals surface area contributed by atoms with Gasteiger partial charge in [0.05, 0.1) is 12.7 Å². The second-order valence-corrected chi connectivity index (χ2v) is 14.3. The Morgan fingerprint density at radius 3 is 2.44 bits per heavy atom. The van der Waals surface area contributed by atoms with Gasteiger partial charge in [0.25, 0.3) is 0 Å². The predicted octanol–water partition coefficient (Wildman–Crippen LogP) is 5.07. The normalized spacial score (nSPS) is 32.7. The van der Waals surface area contributed by atoms with Crippen LogP contribution in [-0.2, 0) is 4.74 Å². The molecular weight excluding hydrogens is 304 g/mol. The SMILES string of the molecule is C[Si](C)(C)CC(Br)[C@@H]1CO[C@H](C2CCCCC2)C1. The highest BCUT2D eigenvalue weighted by Crippen LogP contribution is 2.38. The molecule has 1 heterocycles. The zero-order chi connectivity index (χ0) is 13.2. The quantitative estimate of drug-likeness (QED) is 0.515. The maximum atomic E-state index is 6.13. The molecule has 0 amide bonds. The molecule has 1 aliphatic heterocycles. The van der Waals surface area contributed by atoms with Gasteiger partial charge in [-0.3, -0.25) is 0 Å². The molecule has 3 heteroatoms. The molecule has 1 saturated carbocycles. The van der Waals surface area contributed by atoms with Crippen LogP contribution in [0.5, 0.6) is 0 Å². The van der Waals surface area contributed by atoms with E-state index in [0.717, 1.165) is 18.4 Å². The number of alkyl halides is 1. The minimum absolute atomic E-state index is 0.581. The molecule has 1 saturated heterocycles. The van der Waals surface area contributed by atoms with Gasteiger partial charge in [-0.05, 0) is 37.1 Å². The van der Waals surface area contributed by atoms with Crippen molar-refractivity contribution in [3.8, 4) is 0 Å². The summed E-state index contributed by atoms with van der Waals surface area (Å²) in [6, 6.07) is 1.39. The summed E-state index contributed by atoms with van der Waals surface area (Å²) in [5, 5.41) is 0. The first-order valence-electron chi connectivity index (χ1n) is 7.71. The molecule has 0 aromatic rings. The largest absolute Gasteiger partial charge is 0.378 e. The van der Waals surface area contributed by atoms with Crippen molar-refractivity contribution in [1.29, 1.82) is 0 Å². The first-order chi connectivity index (χ1) is 8.46. The predicted molar refractivity (Wildman–Crippen MR) is 85.3 cm³/mol. The van der Waals surface area contributed by atoms with Crippen LogP contribution in [0.15, 0.2) is 0 Å². The van der Waals surface area contributed by atoms with Gasteiger partial charge in [0.2, 0.25) is 0 Å². The fraction of sp³-hybridized carbons (Fsp3) is 1.00. The van der Waals surface area contributed by atoms with Gasteiger partial charge in [-0.2, -0.15) is 0 Å². The van der Waals surface area contributed by atoms with Gasteiger partial charge in [0, 0.05) is 12.9 Å². The summed E-state index contributed by atoms with van der Waals surface area (Å²) in [5.74, 6) is 1.64. The molecule has 1 nitrogen and oxygen atoms in total. The standard InChI is InChI=1S/C15H29BrOSi/c1-18(2,3)11-14(16)13-9-15(17-10-13)12-7-5-4-6-8-12/h12-15H,4-11H2,1-3H3/t13-,14?,15-/m0/s1. The second-order valence-electron chi connectivity index (χ2n) is 7.55. The Kier molecular flexibility index (Phi) is 5.36. The lowest BCUT2D eigenvalue weighted by Gasteiger charge is -2.27. The molecule has 2 fully saturated rings. The molecule has 0 aromatic carbocycles. The van der Waals surface area contributed by atoms with Gasteiger partial charge >= 0.3 is 0 Å². The van der Waals surface area contributed by atoms with Crippen molar-refractivity contribution >= 4 is 24.0 Å². The van der Waals surface area contributed by atoms with Crippen LogP contribution in [0.1, 0.15) is 38.5 Å². The average Bonchev–Trinajstić information content (AvgIpc) is 2.77. The molecule has 0 aromatic heterocycles. The van der Waals surface area contributed by atoms with Crippen LogP contribution in [-0.4, -0.2) is 25.6 Å². The van der Waals surface area contributed by atoms with E-state index in [-0.39, 0.29) is 0 Å². The Morgan fingerprint density at radius 2 is 1.83 bits per heavy atom. The van der Waals surface area contributed by atoms with E-state index in [1.54, 1.807) is 0 Å². The van der Waals surface area contributed by atoms with Crippen molar-refractivity contribution in [2.45, 2.75) is 75.1 Å². The van der Waals surface area contributed by atoms with Crippen molar-refractivity contribution in [3.05, 3.63) is 0 Å². The Morgan fingerprint density at radius 1 is 1.17 bits per heavy atom. The van der Waals surface area contributed by atoms with Crippen molar-refractivity contribution in [1.82, 2.24) is 0 Å². The lowest BCUT2D eigenvalue weighted by atomic mass is 9.83. The van der Waals surface area contributed by atoms with Crippen LogP contribution in [0.2, 0.25) is 25.7 Å². The third-order valence-electron chi connectivity index (χ3n) is 4.55. The molecule has 1 aliphatic carbocycles. The molecule has 0 N–H and O–H groups in total. The highest BCUT2D eigenvalue weighted by molar-refractivity contribution is 9.09. The first kappa shape index (κ1) is 15.1. The van der Waals surface area contributed by atoms with Crippen LogP contribution in [0.25, 0.3) is 0 Å². The average molecular weight is 333 g/mol. The summed E-state index contributed by atoms with van der Waals surface area (Å²) < 4.78 is 6.13. The molecule has 0 radical (unpaired) electrons. The van der Waals surface area contributed by atoms with E-state index in [1.807, 2.05) is 0 Å². The highest BCUT2D eigenvalue weighted by Gasteiger charge is 2.36. The van der Waals surface area contributed by atoms with Crippen molar-refractivity contribution < 1.29 is 4.74 Å². The smallest absolute Gasteiger partial charge is 0.0607 e. The number of rotatable bonds is 4. The van der Waals surface area contributed by atoms with Gasteiger partial charge in [0.15, 0.2) is 0 Å². The van der Waals surface area contributed by atoms with E-state index < -0.39 is 8.07 Å². The Hall–Kier alpha value is 0.657. The maximum absolute atomic E-state index is 6.13. The summed E-state index contributed by atoms with van der Waals surface area (Å²) in [4.78, 5) is 0.692. The fourth-order valence-electron chi connectivity index (χ4n) is 3.52. The molecule has 106 valence electrons. The molecule has 3 atom stereocenters. The summed E-state index contributed by atoms with van der Waals surface area (Å²) in [5.41, 5.74) is 0. The van der Waals surface area contributed by atoms with Crippen LogP contribution in [0.3, 0.4) is 0 Å². The third kappa shape index (κ3) is 4.34. The van der Waals surface area contributed by atoms with E-state index in [4.69, 9.17) is 4.74 Å². The minimum atomic E-state index is -0.952. The monoisotopic (exact) mass is 332 g/mol. The van der Waals surface area contributed by atoms with E-state index in [9.17, 15) is 0 Å². The molecule has 2 rings (SSSR count). The van der Waals surface area contributed by atoms with Crippen LogP contribution >= 0.6 is 15.9 Å².